The van der Waals surface area contributed by atoms with Crippen LogP contribution in [0.2, 0.25) is 5.02 Å². The van der Waals surface area contributed by atoms with E-state index in [-0.39, 0.29) is 10.6 Å². The Hall–Kier alpha value is -1.33. The zero-order valence-corrected chi connectivity index (χ0v) is 12.6. The number of rotatable bonds is 4. The first-order valence-corrected chi connectivity index (χ1v) is 7.28. The Morgan fingerprint density at radius 2 is 2.10 bits per heavy atom. The van der Waals surface area contributed by atoms with Gasteiger partial charge in [0.25, 0.3) is 0 Å². The number of nitrogens with zero attached hydrogens (tertiary/aromatic N) is 3. The summed E-state index contributed by atoms with van der Waals surface area (Å²) in [6, 6.07) is 2.15. The molecule has 0 radical (unpaired) electrons. The lowest BCUT2D eigenvalue weighted by atomic mass is 10.2. The Morgan fingerprint density at radius 3 is 2.65 bits per heavy atom. The molecule has 0 amide bonds. The van der Waals surface area contributed by atoms with Gasteiger partial charge in [-0.3, -0.25) is 4.90 Å². The van der Waals surface area contributed by atoms with Crippen molar-refractivity contribution in [2.45, 2.75) is 26.3 Å². The van der Waals surface area contributed by atoms with Gasteiger partial charge in [0, 0.05) is 38.4 Å². The van der Waals surface area contributed by atoms with Gasteiger partial charge in [0.1, 0.15) is 5.82 Å². The van der Waals surface area contributed by atoms with E-state index in [1.54, 1.807) is 6.07 Å². The summed E-state index contributed by atoms with van der Waals surface area (Å²) >= 11 is 5.84. The lowest BCUT2D eigenvalue weighted by molar-refractivity contribution is 0.0697. The van der Waals surface area contributed by atoms with E-state index in [4.69, 9.17) is 16.7 Å². The molecule has 1 aromatic rings. The maximum atomic E-state index is 11.1. The van der Waals surface area contributed by atoms with Crippen molar-refractivity contribution >= 4 is 23.4 Å². The van der Waals surface area contributed by atoms with Gasteiger partial charge in [-0.15, -0.1) is 0 Å². The van der Waals surface area contributed by atoms with Gasteiger partial charge in [0.15, 0.2) is 0 Å². The lowest BCUT2D eigenvalue weighted by Crippen LogP contribution is -2.49. The molecule has 110 valence electrons. The summed E-state index contributed by atoms with van der Waals surface area (Å²) < 4.78 is 0. The second-order valence-electron chi connectivity index (χ2n) is 5.11. The predicted octanol–water partition coefficient (Wildman–Crippen LogP) is 2.35. The van der Waals surface area contributed by atoms with Gasteiger partial charge in [0.2, 0.25) is 0 Å². The van der Waals surface area contributed by atoms with E-state index in [1.165, 1.54) is 6.20 Å². The molecule has 5 nitrogen and oxygen atoms in total. The number of piperazine rings is 1. The third kappa shape index (κ3) is 3.22. The van der Waals surface area contributed by atoms with Crippen LogP contribution in [0.3, 0.4) is 0 Å². The summed E-state index contributed by atoms with van der Waals surface area (Å²) in [5, 5.41) is 9.28. The number of carboxylic acid groups (broad SMARTS) is 1. The fourth-order valence-corrected chi connectivity index (χ4v) is 2.60. The monoisotopic (exact) mass is 297 g/mol. The Kier molecular flexibility index (Phi) is 4.83. The second-order valence-corrected chi connectivity index (χ2v) is 5.51. The summed E-state index contributed by atoms with van der Waals surface area (Å²) in [4.78, 5) is 19.9. The van der Waals surface area contributed by atoms with Crippen LogP contribution in [0.25, 0.3) is 0 Å². The molecule has 1 fully saturated rings. The molecule has 1 saturated heterocycles. The fraction of sp³-hybridized carbons (Fsp3) is 0.571. The highest BCUT2D eigenvalue weighted by atomic mass is 35.5. The minimum absolute atomic E-state index is 0.112. The molecule has 1 unspecified atom stereocenters. The molecule has 2 rings (SSSR count). The van der Waals surface area contributed by atoms with Crippen LogP contribution in [0.1, 0.15) is 30.6 Å². The first-order valence-electron chi connectivity index (χ1n) is 6.90. The van der Waals surface area contributed by atoms with Gasteiger partial charge in [-0.1, -0.05) is 18.5 Å². The highest BCUT2D eigenvalue weighted by molar-refractivity contribution is 6.33. The molecule has 0 saturated carbocycles. The van der Waals surface area contributed by atoms with Crippen molar-refractivity contribution in [1.82, 2.24) is 9.88 Å². The summed E-state index contributed by atoms with van der Waals surface area (Å²) in [7, 11) is 0. The normalized spacial score (nSPS) is 18.1. The van der Waals surface area contributed by atoms with E-state index < -0.39 is 5.97 Å². The van der Waals surface area contributed by atoms with Crippen LogP contribution in [-0.4, -0.2) is 53.2 Å². The van der Waals surface area contributed by atoms with Crippen molar-refractivity contribution in [1.29, 1.82) is 0 Å². The SMILES string of the molecule is CCC(C)N1CCN(c2cc(C(=O)O)c(Cl)cn2)CC1. The highest BCUT2D eigenvalue weighted by Gasteiger charge is 2.22. The molecule has 1 aliphatic rings. The van der Waals surface area contributed by atoms with Gasteiger partial charge < -0.3 is 10.0 Å². The van der Waals surface area contributed by atoms with Crippen molar-refractivity contribution in [2.24, 2.45) is 0 Å². The number of hydrogen-bond acceptors (Lipinski definition) is 4. The minimum atomic E-state index is -1.02. The Labute approximate surface area is 124 Å². The van der Waals surface area contributed by atoms with Crippen molar-refractivity contribution in [3.05, 3.63) is 22.8 Å². The average molecular weight is 298 g/mol. The van der Waals surface area contributed by atoms with Crippen molar-refractivity contribution in [3.8, 4) is 0 Å². The maximum Gasteiger partial charge on any atom is 0.337 e. The zero-order chi connectivity index (χ0) is 14.7. The highest BCUT2D eigenvalue weighted by Crippen LogP contribution is 2.22. The molecule has 6 heteroatoms. The fourth-order valence-electron chi connectivity index (χ4n) is 2.41. The Morgan fingerprint density at radius 1 is 1.45 bits per heavy atom. The molecular formula is C14H20ClN3O2. The predicted molar refractivity (Wildman–Crippen MR) is 79.7 cm³/mol. The molecule has 1 aliphatic heterocycles. The van der Waals surface area contributed by atoms with E-state index in [1.807, 2.05) is 0 Å². The van der Waals surface area contributed by atoms with Crippen LogP contribution in [-0.2, 0) is 0 Å². The Bertz CT molecular complexity index is 487. The van der Waals surface area contributed by atoms with Crippen molar-refractivity contribution < 1.29 is 9.90 Å². The van der Waals surface area contributed by atoms with E-state index in [0.29, 0.717) is 11.9 Å². The third-order valence-corrected chi connectivity index (χ3v) is 4.22. The van der Waals surface area contributed by atoms with Crippen LogP contribution in [0.5, 0.6) is 0 Å². The smallest absolute Gasteiger partial charge is 0.337 e. The van der Waals surface area contributed by atoms with Gasteiger partial charge in [-0.25, -0.2) is 9.78 Å². The first kappa shape index (κ1) is 15.1. The second kappa shape index (κ2) is 6.41. The molecule has 2 heterocycles. The largest absolute Gasteiger partial charge is 0.478 e. The zero-order valence-electron chi connectivity index (χ0n) is 11.8. The molecule has 1 N–H and O–H groups in total. The number of aromatic nitrogens is 1. The lowest BCUT2D eigenvalue weighted by Gasteiger charge is -2.38. The summed E-state index contributed by atoms with van der Waals surface area (Å²) in [6.45, 7) is 8.09. The van der Waals surface area contributed by atoms with Gasteiger partial charge >= 0.3 is 5.97 Å². The summed E-state index contributed by atoms with van der Waals surface area (Å²) in [5.74, 6) is -0.326. The summed E-state index contributed by atoms with van der Waals surface area (Å²) in [6.07, 6.45) is 2.56. The molecule has 1 atom stereocenters. The first-order chi connectivity index (χ1) is 9.52. The van der Waals surface area contributed by atoms with E-state index in [2.05, 4.69) is 28.6 Å². The van der Waals surface area contributed by atoms with Gasteiger partial charge in [-0.2, -0.15) is 0 Å². The third-order valence-electron chi connectivity index (χ3n) is 3.92. The number of pyridine rings is 1. The molecule has 0 spiro atoms. The van der Waals surface area contributed by atoms with Crippen LogP contribution in [0.15, 0.2) is 12.3 Å². The number of hydrogen-bond donors (Lipinski definition) is 1. The molecular weight excluding hydrogens is 278 g/mol. The van der Waals surface area contributed by atoms with Crippen LogP contribution < -0.4 is 4.90 Å². The van der Waals surface area contributed by atoms with Crippen molar-refractivity contribution in [2.75, 3.05) is 31.1 Å². The molecule has 0 aromatic carbocycles. The van der Waals surface area contributed by atoms with E-state index >= 15 is 0 Å². The number of anilines is 1. The van der Waals surface area contributed by atoms with Crippen LogP contribution >= 0.6 is 11.6 Å². The number of carbonyl (C=O) groups is 1. The quantitative estimate of drug-likeness (QED) is 0.924. The molecule has 20 heavy (non-hydrogen) atoms. The summed E-state index contributed by atoms with van der Waals surface area (Å²) in [5.41, 5.74) is 0.112. The van der Waals surface area contributed by atoms with Crippen molar-refractivity contribution in [3.63, 3.8) is 0 Å². The van der Waals surface area contributed by atoms with Gasteiger partial charge in [-0.05, 0) is 19.4 Å². The van der Waals surface area contributed by atoms with Gasteiger partial charge in [0.05, 0.1) is 10.6 Å². The van der Waals surface area contributed by atoms with Crippen LogP contribution in [0.4, 0.5) is 5.82 Å². The molecule has 0 aliphatic carbocycles. The van der Waals surface area contributed by atoms with E-state index in [9.17, 15) is 4.79 Å². The molecule has 0 bridgehead atoms. The standard InChI is InChI=1S/C14H20ClN3O2/c1-3-10(2)17-4-6-18(7-5-17)13-8-11(14(19)20)12(15)9-16-13/h8-10H,3-7H2,1-2H3,(H,19,20). The molecule has 1 aromatic heterocycles. The minimum Gasteiger partial charge on any atom is -0.478 e. The number of aromatic carboxylic acids is 1. The average Bonchev–Trinajstić information content (AvgIpc) is 2.47. The van der Waals surface area contributed by atoms with E-state index in [0.717, 1.165) is 32.6 Å². The maximum absolute atomic E-state index is 11.1. The van der Waals surface area contributed by atoms with Crippen LogP contribution in [0, 0.1) is 0 Å². The topological polar surface area (TPSA) is 56.7 Å². The number of halogens is 1. The number of carboxylic acids is 1. The Balaban J connectivity index is 2.07.